The summed E-state index contributed by atoms with van der Waals surface area (Å²) in [6.45, 7) is -1.69. The molecular formula is C10H7BrF6O. The Morgan fingerprint density at radius 2 is 1.78 bits per heavy atom. The molecule has 0 fully saturated rings. The van der Waals surface area contributed by atoms with Crippen LogP contribution in [0.2, 0.25) is 0 Å². The van der Waals surface area contributed by atoms with Gasteiger partial charge in [-0.1, -0.05) is 22.0 Å². The number of rotatable bonds is 4. The molecule has 0 aliphatic carbocycles. The second-order valence-corrected chi connectivity index (χ2v) is 4.33. The van der Waals surface area contributed by atoms with Gasteiger partial charge in [-0.15, -0.1) is 0 Å². The summed E-state index contributed by atoms with van der Waals surface area (Å²) in [6.07, 6.45) is -9.87. The van der Waals surface area contributed by atoms with E-state index < -0.39 is 24.9 Å². The third-order valence-electron chi connectivity index (χ3n) is 1.89. The van der Waals surface area contributed by atoms with Gasteiger partial charge < -0.3 is 4.74 Å². The minimum atomic E-state index is -5.62. The average Bonchev–Trinajstić information content (AvgIpc) is 2.24. The maximum atomic E-state index is 12.9. The lowest BCUT2D eigenvalue weighted by molar-refractivity contribution is -0.250. The smallest absolute Gasteiger partial charge is 0.425 e. The van der Waals surface area contributed by atoms with E-state index in [9.17, 15) is 26.3 Å². The Morgan fingerprint density at radius 3 is 2.28 bits per heavy atom. The van der Waals surface area contributed by atoms with E-state index in [1.807, 2.05) is 0 Å². The number of hydrogen-bond donors (Lipinski definition) is 0. The molecule has 8 heteroatoms. The van der Waals surface area contributed by atoms with Crippen LogP contribution in [0.4, 0.5) is 26.3 Å². The van der Waals surface area contributed by atoms with Crippen molar-refractivity contribution < 1.29 is 31.1 Å². The third kappa shape index (κ3) is 4.08. The summed E-state index contributed by atoms with van der Waals surface area (Å²) >= 11 is 3.02. The van der Waals surface area contributed by atoms with Crippen LogP contribution in [0.1, 0.15) is 0 Å². The average molecular weight is 337 g/mol. The van der Waals surface area contributed by atoms with Crippen molar-refractivity contribution in [2.75, 3.05) is 6.61 Å². The maximum Gasteiger partial charge on any atom is 0.425 e. The molecule has 0 radical (unpaired) electrons. The van der Waals surface area contributed by atoms with Gasteiger partial charge in [0.2, 0.25) is 0 Å². The first-order chi connectivity index (χ1) is 8.13. The van der Waals surface area contributed by atoms with E-state index in [1.54, 1.807) is 6.07 Å². The summed E-state index contributed by atoms with van der Waals surface area (Å²) in [6, 6.07) is 5.55. The van der Waals surface area contributed by atoms with Crippen LogP contribution in [0.25, 0.3) is 0 Å². The van der Waals surface area contributed by atoms with Crippen LogP contribution in [0.3, 0.4) is 0 Å². The highest BCUT2D eigenvalue weighted by atomic mass is 79.9. The van der Waals surface area contributed by atoms with Crippen molar-refractivity contribution in [3.63, 3.8) is 0 Å². The zero-order valence-corrected chi connectivity index (χ0v) is 10.2. The fraction of sp³-hybridized carbons (Fsp3) is 0.400. The predicted octanol–water partition coefficient (Wildman–Crippen LogP) is 4.36. The summed E-state index contributed by atoms with van der Waals surface area (Å²) in [5.74, 6) is -4.72. The Balaban J connectivity index is 2.67. The SMILES string of the molecule is FC(C(F)(F)F)C(F)(F)COc1cccc(Br)c1. The van der Waals surface area contributed by atoms with Gasteiger partial charge in [0.15, 0.2) is 6.61 Å². The van der Waals surface area contributed by atoms with Gasteiger partial charge >= 0.3 is 12.1 Å². The lowest BCUT2D eigenvalue weighted by Gasteiger charge is -2.22. The van der Waals surface area contributed by atoms with Crippen LogP contribution >= 0.6 is 15.9 Å². The summed E-state index contributed by atoms with van der Waals surface area (Å²) in [5, 5.41) is 0. The van der Waals surface area contributed by atoms with Gasteiger partial charge in [0, 0.05) is 4.47 Å². The molecule has 1 aromatic carbocycles. The van der Waals surface area contributed by atoms with Crippen LogP contribution < -0.4 is 4.74 Å². The van der Waals surface area contributed by atoms with E-state index in [4.69, 9.17) is 0 Å². The van der Waals surface area contributed by atoms with Gasteiger partial charge in [-0.25, -0.2) is 4.39 Å². The molecule has 0 heterocycles. The van der Waals surface area contributed by atoms with Gasteiger partial charge in [0.1, 0.15) is 5.75 Å². The summed E-state index contributed by atoms with van der Waals surface area (Å²) in [5.41, 5.74) is 0. The van der Waals surface area contributed by atoms with Crippen molar-refractivity contribution in [3.8, 4) is 5.75 Å². The van der Waals surface area contributed by atoms with Gasteiger partial charge in [0.25, 0.3) is 6.17 Å². The maximum absolute atomic E-state index is 12.9. The molecular weight excluding hydrogens is 330 g/mol. The third-order valence-corrected chi connectivity index (χ3v) is 2.38. The molecule has 102 valence electrons. The van der Waals surface area contributed by atoms with Crippen LogP contribution in [0.5, 0.6) is 5.75 Å². The Morgan fingerprint density at radius 1 is 1.17 bits per heavy atom. The topological polar surface area (TPSA) is 9.23 Å². The highest BCUT2D eigenvalue weighted by molar-refractivity contribution is 9.10. The molecule has 0 aliphatic rings. The minimum Gasteiger partial charge on any atom is -0.487 e. The lowest BCUT2D eigenvalue weighted by atomic mass is 10.2. The molecule has 0 spiro atoms. The first-order valence-electron chi connectivity index (χ1n) is 4.60. The van der Waals surface area contributed by atoms with E-state index in [-0.39, 0.29) is 5.75 Å². The second-order valence-electron chi connectivity index (χ2n) is 3.41. The molecule has 0 saturated carbocycles. The fourth-order valence-electron chi connectivity index (χ4n) is 1.05. The zero-order valence-electron chi connectivity index (χ0n) is 8.65. The standard InChI is InChI=1S/C10H7BrF6O/c11-6-2-1-3-7(4-6)18-5-9(13,14)8(12)10(15,16)17/h1-4,8H,5H2. The van der Waals surface area contributed by atoms with Gasteiger partial charge in [0.05, 0.1) is 0 Å². The number of benzene rings is 1. The summed E-state index contributed by atoms with van der Waals surface area (Å²) in [4.78, 5) is 0. The van der Waals surface area contributed by atoms with E-state index in [1.165, 1.54) is 18.2 Å². The van der Waals surface area contributed by atoms with Crippen LogP contribution in [-0.2, 0) is 0 Å². The molecule has 0 bridgehead atoms. The van der Waals surface area contributed by atoms with E-state index in [2.05, 4.69) is 20.7 Å². The molecule has 1 nitrogen and oxygen atoms in total. The molecule has 1 rings (SSSR count). The van der Waals surface area contributed by atoms with Crippen molar-refractivity contribution in [3.05, 3.63) is 28.7 Å². The van der Waals surface area contributed by atoms with Crippen LogP contribution in [0, 0.1) is 0 Å². The van der Waals surface area contributed by atoms with Crippen molar-refractivity contribution >= 4 is 15.9 Å². The van der Waals surface area contributed by atoms with Crippen molar-refractivity contribution in [2.45, 2.75) is 18.3 Å². The normalized spacial score (nSPS) is 14.4. The van der Waals surface area contributed by atoms with E-state index >= 15 is 0 Å². The molecule has 1 aromatic rings. The van der Waals surface area contributed by atoms with Crippen LogP contribution in [0.15, 0.2) is 28.7 Å². The number of alkyl halides is 6. The highest BCUT2D eigenvalue weighted by Gasteiger charge is 2.57. The van der Waals surface area contributed by atoms with E-state index in [0.29, 0.717) is 4.47 Å². The minimum absolute atomic E-state index is 0.0848. The Hall–Kier alpha value is -0.920. The molecule has 18 heavy (non-hydrogen) atoms. The molecule has 1 atom stereocenters. The monoisotopic (exact) mass is 336 g/mol. The van der Waals surface area contributed by atoms with Gasteiger partial charge in [-0.05, 0) is 18.2 Å². The lowest BCUT2D eigenvalue weighted by Crippen LogP contribution is -2.45. The quantitative estimate of drug-likeness (QED) is 0.742. The number of ether oxygens (including phenoxy) is 1. The Kier molecular flexibility index (Phi) is 4.52. The molecule has 0 saturated heterocycles. The van der Waals surface area contributed by atoms with Crippen LogP contribution in [-0.4, -0.2) is 24.9 Å². The number of hydrogen-bond acceptors (Lipinski definition) is 1. The first-order valence-corrected chi connectivity index (χ1v) is 5.39. The molecule has 0 N–H and O–H groups in total. The van der Waals surface area contributed by atoms with Gasteiger partial charge in [-0.3, -0.25) is 0 Å². The van der Waals surface area contributed by atoms with Crippen molar-refractivity contribution in [1.82, 2.24) is 0 Å². The van der Waals surface area contributed by atoms with E-state index in [0.717, 1.165) is 0 Å². The van der Waals surface area contributed by atoms with Crippen molar-refractivity contribution in [2.24, 2.45) is 0 Å². The number of halogens is 7. The zero-order chi connectivity index (χ0) is 14.0. The van der Waals surface area contributed by atoms with Gasteiger partial charge in [-0.2, -0.15) is 22.0 Å². The first kappa shape index (κ1) is 15.1. The molecule has 1 unspecified atom stereocenters. The van der Waals surface area contributed by atoms with Crippen molar-refractivity contribution in [1.29, 1.82) is 0 Å². The fourth-order valence-corrected chi connectivity index (χ4v) is 1.43. The Labute approximate surface area is 107 Å². The largest absolute Gasteiger partial charge is 0.487 e. The molecule has 0 aliphatic heterocycles. The predicted molar refractivity (Wildman–Crippen MR) is 55.5 cm³/mol. The second kappa shape index (κ2) is 5.38. The Bertz CT molecular complexity index is 406. The molecule has 0 amide bonds. The summed E-state index contributed by atoms with van der Waals surface area (Å²) in [7, 11) is 0. The summed E-state index contributed by atoms with van der Waals surface area (Å²) < 4.78 is 78.6. The highest BCUT2D eigenvalue weighted by Crippen LogP contribution is 2.35. The molecule has 0 aromatic heterocycles.